The number of aromatic nitrogens is 4. The third kappa shape index (κ3) is 3.51. The average molecular weight is 438 g/mol. The summed E-state index contributed by atoms with van der Waals surface area (Å²) in [6, 6.07) is 0. The largest absolute Gasteiger partial charge is 0.369 e. The van der Waals surface area contributed by atoms with Crippen LogP contribution in [0.5, 0.6) is 0 Å². The molecule has 0 aliphatic carbocycles. The number of primary amides is 1. The highest BCUT2D eigenvalue weighted by Gasteiger charge is 2.33. The molecular formula is C18H23N5O2S3. The second-order valence-corrected chi connectivity index (χ2v) is 10.2. The molecule has 0 unspecified atom stereocenters. The zero-order chi connectivity index (χ0) is 19.9. The molecule has 0 spiro atoms. The Morgan fingerprint density at radius 3 is 2.86 bits per heavy atom. The van der Waals surface area contributed by atoms with Crippen molar-refractivity contribution < 1.29 is 9.53 Å². The number of nitrogens with two attached hydrogens (primary N) is 1. The molecule has 0 saturated carbocycles. The van der Waals surface area contributed by atoms with Gasteiger partial charge < -0.3 is 10.5 Å². The van der Waals surface area contributed by atoms with Crippen LogP contribution >= 0.6 is 34.9 Å². The third-order valence-corrected chi connectivity index (χ3v) is 8.14. The smallest absolute Gasteiger partial charge is 0.227 e. The zero-order valence-electron chi connectivity index (χ0n) is 16.2. The quantitative estimate of drug-likeness (QED) is 0.445. The van der Waals surface area contributed by atoms with Gasteiger partial charge in [-0.1, -0.05) is 37.4 Å². The maximum absolute atomic E-state index is 11.3. The highest BCUT2D eigenvalue weighted by atomic mass is 32.2. The molecule has 28 heavy (non-hydrogen) atoms. The number of thiophene rings is 1. The van der Waals surface area contributed by atoms with Crippen molar-refractivity contribution in [2.24, 2.45) is 5.73 Å². The number of fused-ring (bicyclic) bond motifs is 5. The van der Waals surface area contributed by atoms with Gasteiger partial charge >= 0.3 is 0 Å². The van der Waals surface area contributed by atoms with Gasteiger partial charge in [-0.25, -0.2) is 9.38 Å². The molecule has 10 heteroatoms. The lowest BCUT2D eigenvalue weighted by atomic mass is 9.90. The Labute approximate surface area is 175 Å². The molecule has 1 atom stereocenters. The molecular weight excluding hydrogens is 414 g/mol. The van der Waals surface area contributed by atoms with E-state index in [1.807, 2.05) is 4.40 Å². The fourth-order valence-corrected chi connectivity index (χ4v) is 5.99. The van der Waals surface area contributed by atoms with E-state index in [4.69, 9.17) is 15.5 Å². The van der Waals surface area contributed by atoms with Crippen molar-refractivity contribution in [3.8, 4) is 0 Å². The summed E-state index contributed by atoms with van der Waals surface area (Å²) >= 11 is 4.68. The van der Waals surface area contributed by atoms with Crippen molar-refractivity contribution in [1.29, 1.82) is 0 Å². The predicted octanol–water partition coefficient (Wildman–Crippen LogP) is 3.66. The highest BCUT2D eigenvalue weighted by molar-refractivity contribution is 8.00. The van der Waals surface area contributed by atoms with Gasteiger partial charge in [0.2, 0.25) is 5.91 Å². The lowest BCUT2D eigenvalue weighted by Gasteiger charge is -2.33. The summed E-state index contributed by atoms with van der Waals surface area (Å²) in [5.74, 6) is 0.746. The van der Waals surface area contributed by atoms with Crippen molar-refractivity contribution in [3.63, 3.8) is 0 Å². The Morgan fingerprint density at radius 2 is 2.14 bits per heavy atom. The Kier molecular flexibility index (Phi) is 5.56. The summed E-state index contributed by atoms with van der Waals surface area (Å²) in [4.78, 5) is 18.4. The Hall–Kier alpha value is -1.36. The van der Waals surface area contributed by atoms with E-state index >= 15 is 0 Å². The van der Waals surface area contributed by atoms with Crippen LogP contribution in [-0.4, -0.2) is 42.6 Å². The van der Waals surface area contributed by atoms with Crippen LogP contribution in [0, 0.1) is 0 Å². The Balaban J connectivity index is 1.91. The molecule has 150 valence electrons. The second kappa shape index (κ2) is 7.81. The molecule has 0 aromatic carbocycles. The predicted molar refractivity (Wildman–Crippen MR) is 114 cm³/mol. The van der Waals surface area contributed by atoms with Gasteiger partial charge in [0.05, 0.1) is 23.3 Å². The minimum atomic E-state index is -0.373. The van der Waals surface area contributed by atoms with Crippen LogP contribution in [0.15, 0.2) is 10.3 Å². The Bertz CT molecular complexity index is 1050. The van der Waals surface area contributed by atoms with Crippen LogP contribution < -0.4 is 5.73 Å². The first-order valence-electron chi connectivity index (χ1n) is 9.33. The van der Waals surface area contributed by atoms with E-state index in [9.17, 15) is 4.79 Å². The van der Waals surface area contributed by atoms with Crippen molar-refractivity contribution in [2.75, 3.05) is 11.5 Å². The van der Waals surface area contributed by atoms with E-state index in [0.29, 0.717) is 11.8 Å². The lowest BCUT2D eigenvalue weighted by Crippen LogP contribution is -2.33. The standard InChI is InChI=1S/C18H23N5O2S3/c1-4-6-26-16-20-15-13(10-7-18(3,5-2)25-8-11(10)28-15)14-21-22-17(23(14)16)27-9-12(19)24/h4-9H2,1-3H3,(H2,19,24)/t18-/m0/s1. The van der Waals surface area contributed by atoms with Crippen LogP contribution in [-0.2, 0) is 22.6 Å². The van der Waals surface area contributed by atoms with Crippen molar-refractivity contribution in [1.82, 2.24) is 19.6 Å². The van der Waals surface area contributed by atoms with Gasteiger partial charge in [-0.3, -0.25) is 4.79 Å². The minimum absolute atomic E-state index is 0.167. The van der Waals surface area contributed by atoms with Gasteiger partial charge in [-0.15, -0.1) is 21.5 Å². The summed E-state index contributed by atoms with van der Waals surface area (Å²) in [6.45, 7) is 7.07. The third-order valence-electron chi connectivity index (χ3n) is 4.95. The van der Waals surface area contributed by atoms with E-state index < -0.39 is 0 Å². The van der Waals surface area contributed by atoms with Crippen LogP contribution in [0.2, 0.25) is 0 Å². The van der Waals surface area contributed by atoms with Crippen LogP contribution in [0.3, 0.4) is 0 Å². The van der Waals surface area contributed by atoms with E-state index in [2.05, 4.69) is 31.0 Å². The number of ether oxygens (including phenoxy) is 1. The number of hydrogen-bond acceptors (Lipinski definition) is 8. The van der Waals surface area contributed by atoms with Gasteiger partial charge in [0, 0.05) is 17.1 Å². The SMILES string of the molecule is CCCSc1nc2sc3c(c2c2nnc(SCC(N)=O)n12)C[C@](C)(CC)OC3. The number of carbonyl (C=O) groups excluding carboxylic acids is 1. The maximum Gasteiger partial charge on any atom is 0.227 e. The summed E-state index contributed by atoms with van der Waals surface area (Å²) in [5, 5.41) is 11.5. The monoisotopic (exact) mass is 437 g/mol. The van der Waals surface area contributed by atoms with Gasteiger partial charge in [0.25, 0.3) is 0 Å². The molecule has 3 aromatic rings. The molecule has 0 bridgehead atoms. The molecule has 4 heterocycles. The van der Waals surface area contributed by atoms with Gasteiger partial charge in [0.15, 0.2) is 16.0 Å². The van der Waals surface area contributed by atoms with E-state index in [0.717, 1.165) is 46.0 Å². The lowest BCUT2D eigenvalue weighted by molar-refractivity contribution is -0.115. The minimum Gasteiger partial charge on any atom is -0.369 e. The van der Waals surface area contributed by atoms with Crippen molar-refractivity contribution >= 4 is 56.6 Å². The number of nitrogens with zero attached hydrogens (tertiary/aromatic N) is 4. The summed E-state index contributed by atoms with van der Waals surface area (Å²) in [7, 11) is 0. The summed E-state index contributed by atoms with van der Waals surface area (Å²) in [5.41, 5.74) is 7.25. The molecule has 1 aliphatic rings. The number of thioether (sulfide) groups is 2. The summed E-state index contributed by atoms with van der Waals surface area (Å²) < 4.78 is 8.12. The topological polar surface area (TPSA) is 95.4 Å². The molecule has 0 radical (unpaired) electrons. The molecule has 1 aliphatic heterocycles. The van der Waals surface area contributed by atoms with Crippen LogP contribution in [0.25, 0.3) is 15.9 Å². The molecule has 1 amide bonds. The van der Waals surface area contributed by atoms with Crippen LogP contribution in [0.1, 0.15) is 44.1 Å². The maximum atomic E-state index is 11.3. The number of carbonyl (C=O) groups is 1. The molecule has 7 nitrogen and oxygen atoms in total. The summed E-state index contributed by atoms with van der Waals surface area (Å²) in [6.07, 6.45) is 2.83. The molecule has 0 saturated heterocycles. The fourth-order valence-electron chi connectivity index (χ4n) is 3.26. The highest BCUT2D eigenvalue weighted by Crippen LogP contribution is 2.42. The molecule has 3 aromatic heterocycles. The number of amides is 1. The average Bonchev–Trinajstić information content (AvgIpc) is 3.25. The zero-order valence-corrected chi connectivity index (χ0v) is 18.6. The Morgan fingerprint density at radius 1 is 1.32 bits per heavy atom. The fraction of sp³-hybridized carbons (Fsp3) is 0.556. The van der Waals surface area contributed by atoms with E-state index in [-0.39, 0.29) is 17.3 Å². The van der Waals surface area contributed by atoms with Gasteiger partial charge in [-0.05, 0) is 25.3 Å². The first-order chi connectivity index (χ1) is 13.5. The first-order valence-corrected chi connectivity index (χ1v) is 12.1. The first kappa shape index (κ1) is 19.9. The van der Waals surface area contributed by atoms with Gasteiger partial charge in [0.1, 0.15) is 4.83 Å². The number of rotatable bonds is 7. The van der Waals surface area contributed by atoms with Crippen LogP contribution in [0.4, 0.5) is 0 Å². The van der Waals surface area contributed by atoms with Crippen molar-refractivity contribution in [2.45, 2.75) is 62.6 Å². The molecule has 0 fully saturated rings. The number of hydrogen-bond donors (Lipinski definition) is 1. The second-order valence-electron chi connectivity index (χ2n) is 7.09. The van der Waals surface area contributed by atoms with E-state index in [1.54, 1.807) is 23.1 Å². The van der Waals surface area contributed by atoms with E-state index in [1.165, 1.54) is 22.2 Å². The van der Waals surface area contributed by atoms with Gasteiger partial charge in [-0.2, -0.15) is 0 Å². The normalized spacial score (nSPS) is 19.4. The molecule has 4 rings (SSSR count). The molecule has 2 N–H and O–H groups in total. The van der Waals surface area contributed by atoms with Crippen molar-refractivity contribution in [3.05, 3.63) is 10.4 Å².